The summed E-state index contributed by atoms with van der Waals surface area (Å²) in [6.07, 6.45) is 3.32. The molecule has 1 amide bonds. The minimum Gasteiger partial charge on any atom is -0.384 e. The first kappa shape index (κ1) is 11.9. The number of methoxy groups -OCH3 is 1. The van der Waals surface area contributed by atoms with E-state index in [0.717, 1.165) is 45.6 Å². The fourth-order valence-electron chi connectivity index (χ4n) is 2.76. The highest BCUT2D eigenvalue weighted by Crippen LogP contribution is 2.20. The van der Waals surface area contributed by atoms with E-state index in [1.165, 1.54) is 6.42 Å². The predicted molar refractivity (Wildman–Crippen MR) is 62.2 cm³/mol. The Hall–Kier alpha value is -0.610. The number of piperidine rings is 1. The van der Waals surface area contributed by atoms with Gasteiger partial charge >= 0.3 is 0 Å². The first-order valence-electron chi connectivity index (χ1n) is 6.29. The zero-order valence-electron chi connectivity index (χ0n) is 10.1. The van der Waals surface area contributed by atoms with Crippen LogP contribution in [0.2, 0.25) is 0 Å². The number of amides is 1. The minimum absolute atomic E-state index is 0.223. The molecular weight excluding hydrogens is 204 g/mol. The van der Waals surface area contributed by atoms with Crippen LogP contribution in [0, 0.1) is 11.8 Å². The van der Waals surface area contributed by atoms with Crippen LogP contribution < -0.4 is 5.32 Å². The summed E-state index contributed by atoms with van der Waals surface area (Å²) in [5.41, 5.74) is 0. The second-order valence-corrected chi connectivity index (χ2v) is 4.94. The third-order valence-electron chi connectivity index (χ3n) is 3.64. The number of hydrogen-bond acceptors (Lipinski definition) is 3. The molecule has 16 heavy (non-hydrogen) atoms. The maximum Gasteiger partial charge on any atom is 0.227 e. The van der Waals surface area contributed by atoms with E-state index in [0.29, 0.717) is 11.8 Å². The van der Waals surface area contributed by atoms with Crippen molar-refractivity contribution < 1.29 is 9.53 Å². The number of carbonyl (C=O) groups excluding carboxylic acids is 1. The van der Waals surface area contributed by atoms with Gasteiger partial charge in [-0.2, -0.15) is 0 Å². The van der Waals surface area contributed by atoms with E-state index < -0.39 is 0 Å². The monoisotopic (exact) mass is 226 g/mol. The molecule has 2 atom stereocenters. The largest absolute Gasteiger partial charge is 0.384 e. The van der Waals surface area contributed by atoms with E-state index in [1.54, 1.807) is 7.11 Å². The number of nitrogens with zero attached hydrogens (tertiary/aromatic N) is 1. The van der Waals surface area contributed by atoms with Crippen molar-refractivity contribution in [2.75, 3.05) is 39.9 Å². The summed E-state index contributed by atoms with van der Waals surface area (Å²) in [6, 6.07) is 0. The minimum atomic E-state index is 0.223. The summed E-state index contributed by atoms with van der Waals surface area (Å²) >= 11 is 0. The molecule has 4 heteroatoms. The number of hydrogen-bond donors (Lipinski definition) is 1. The SMILES string of the molecule is COC[C@@H]1CCCN(C(=O)[C@H]2CCNC2)C1. The molecule has 0 saturated carbocycles. The predicted octanol–water partition coefficient (Wildman–Crippen LogP) is 0.481. The molecule has 2 heterocycles. The molecule has 92 valence electrons. The smallest absolute Gasteiger partial charge is 0.227 e. The quantitative estimate of drug-likeness (QED) is 0.761. The number of rotatable bonds is 3. The summed E-state index contributed by atoms with van der Waals surface area (Å²) in [7, 11) is 1.74. The van der Waals surface area contributed by atoms with Gasteiger partial charge in [-0.3, -0.25) is 4.79 Å². The Morgan fingerprint density at radius 1 is 1.50 bits per heavy atom. The molecule has 2 aliphatic rings. The highest BCUT2D eigenvalue weighted by molar-refractivity contribution is 5.79. The first-order valence-corrected chi connectivity index (χ1v) is 6.29. The van der Waals surface area contributed by atoms with Crippen LogP contribution in [0.15, 0.2) is 0 Å². The van der Waals surface area contributed by atoms with Crippen molar-refractivity contribution in [3.63, 3.8) is 0 Å². The lowest BCUT2D eigenvalue weighted by Gasteiger charge is -2.33. The van der Waals surface area contributed by atoms with Crippen LogP contribution in [0.3, 0.4) is 0 Å². The summed E-state index contributed by atoms with van der Waals surface area (Å²) < 4.78 is 5.18. The van der Waals surface area contributed by atoms with E-state index in [-0.39, 0.29) is 5.92 Å². The van der Waals surface area contributed by atoms with Gasteiger partial charge < -0.3 is 15.0 Å². The van der Waals surface area contributed by atoms with Crippen LogP contribution in [0.5, 0.6) is 0 Å². The fraction of sp³-hybridized carbons (Fsp3) is 0.917. The second kappa shape index (κ2) is 5.64. The number of carbonyl (C=O) groups is 1. The Balaban J connectivity index is 1.85. The zero-order chi connectivity index (χ0) is 11.4. The lowest BCUT2D eigenvalue weighted by Crippen LogP contribution is -2.44. The zero-order valence-corrected chi connectivity index (χ0v) is 10.1. The van der Waals surface area contributed by atoms with E-state index in [9.17, 15) is 4.79 Å². The number of ether oxygens (including phenoxy) is 1. The van der Waals surface area contributed by atoms with Crippen molar-refractivity contribution in [1.82, 2.24) is 10.2 Å². The summed E-state index contributed by atoms with van der Waals surface area (Å²) in [4.78, 5) is 14.2. The standard InChI is InChI=1S/C12H22N2O2/c1-16-9-10-3-2-6-14(8-10)12(15)11-4-5-13-7-11/h10-11,13H,2-9H2,1H3/t10-,11+/m1/s1. The molecule has 2 fully saturated rings. The average molecular weight is 226 g/mol. The van der Waals surface area contributed by atoms with Gasteiger partial charge in [0.15, 0.2) is 0 Å². The molecule has 0 bridgehead atoms. The van der Waals surface area contributed by atoms with Crippen molar-refractivity contribution in [2.45, 2.75) is 19.3 Å². The Morgan fingerprint density at radius 2 is 2.38 bits per heavy atom. The van der Waals surface area contributed by atoms with Gasteiger partial charge in [0.1, 0.15) is 0 Å². The highest BCUT2D eigenvalue weighted by Gasteiger charge is 2.30. The molecule has 2 saturated heterocycles. The highest BCUT2D eigenvalue weighted by atomic mass is 16.5. The molecule has 0 aromatic carbocycles. The first-order chi connectivity index (χ1) is 7.81. The number of likely N-dealkylation sites (tertiary alicyclic amines) is 1. The van der Waals surface area contributed by atoms with Gasteiger partial charge in [0, 0.05) is 26.7 Å². The summed E-state index contributed by atoms with van der Waals surface area (Å²) in [6.45, 7) is 4.47. The molecule has 0 radical (unpaired) electrons. The molecular formula is C12H22N2O2. The Morgan fingerprint density at radius 3 is 3.06 bits per heavy atom. The van der Waals surface area contributed by atoms with Gasteiger partial charge in [0.2, 0.25) is 5.91 Å². The average Bonchev–Trinajstić information content (AvgIpc) is 2.82. The topological polar surface area (TPSA) is 41.6 Å². The van der Waals surface area contributed by atoms with Crippen LogP contribution in [-0.2, 0) is 9.53 Å². The van der Waals surface area contributed by atoms with Crippen LogP contribution >= 0.6 is 0 Å². The van der Waals surface area contributed by atoms with E-state index in [1.807, 2.05) is 4.90 Å². The molecule has 0 aliphatic carbocycles. The maximum absolute atomic E-state index is 12.2. The van der Waals surface area contributed by atoms with Crippen molar-refractivity contribution in [1.29, 1.82) is 0 Å². The van der Waals surface area contributed by atoms with Gasteiger partial charge in [0.05, 0.1) is 12.5 Å². The molecule has 0 aromatic heterocycles. The lowest BCUT2D eigenvalue weighted by molar-refractivity contribution is -0.137. The molecule has 0 spiro atoms. The second-order valence-electron chi connectivity index (χ2n) is 4.94. The van der Waals surface area contributed by atoms with E-state index in [4.69, 9.17) is 4.74 Å². The van der Waals surface area contributed by atoms with Gasteiger partial charge in [-0.05, 0) is 31.7 Å². The molecule has 0 unspecified atom stereocenters. The fourth-order valence-corrected chi connectivity index (χ4v) is 2.76. The normalized spacial score (nSPS) is 30.7. The van der Waals surface area contributed by atoms with E-state index in [2.05, 4.69) is 5.32 Å². The third kappa shape index (κ3) is 2.74. The van der Waals surface area contributed by atoms with Gasteiger partial charge in [-0.1, -0.05) is 0 Å². The van der Waals surface area contributed by atoms with Crippen LogP contribution in [0.4, 0.5) is 0 Å². The van der Waals surface area contributed by atoms with Crippen molar-refractivity contribution >= 4 is 5.91 Å². The Labute approximate surface area is 97.3 Å². The molecule has 1 N–H and O–H groups in total. The van der Waals surface area contributed by atoms with Crippen molar-refractivity contribution in [3.05, 3.63) is 0 Å². The van der Waals surface area contributed by atoms with Gasteiger partial charge in [-0.15, -0.1) is 0 Å². The Bertz CT molecular complexity index is 237. The molecule has 2 aliphatic heterocycles. The summed E-state index contributed by atoms with van der Waals surface area (Å²) in [5.74, 6) is 1.11. The number of nitrogens with one attached hydrogen (secondary N) is 1. The van der Waals surface area contributed by atoms with Crippen molar-refractivity contribution in [3.8, 4) is 0 Å². The molecule has 0 aromatic rings. The lowest BCUT2D eigenvalue weighted by atomic mass is 9.97. The Kier molecular flexibility index (Phi) is 4.18. The van der Waals surface area contributed by atoms with Gasteiger partial charge in [-0.25, -0.2) is 0 Å². The van der Waals surface area contributed by atoms with Crippen LogP contribution in [0.25, 0.3) is 0 Å². The van der Waals surface area contributed by atoms with Crippen LogP contribution in [0.1, 0.15) is 19.3 Å². The molecule has 2 rings (SSSR count). The molecule has 4 nitrogen and oxygen atoms in total. The maximum atomic E-state index is 12.2. The van der Waals surface area contributed by atoms with Crippen molar-refractivity contribution in [2.24, 2.45) is 11.8 Å². The van der Waals surface area contributed by atoms with Gasteiger partial charge in [0.25, 0.3) is 0 Å². The third-order valence-corrected chi connectivity index (χ3v) is 3.64. The van der Waals surface area contributed by atoms with Crippen LogP contribution in [-0.4, -0.2) is 50.7 Å². The van der Waals surface area contributed by atoms with E-state index >= 15 is 0 Å². The summed E-state index contributed by atoms with van der Waals surface area (Å²) in [5, 5.41) is 3.26.